The van der Waals surface area contributed by atoms with Crippen molar-refractivity contribution in [1.82, 2.24) is 0 Å². The molecule has 0 heterocycles. The molecule has 0 bridgehead atoms. The number of benzene rings is 1. The van der Waals surface area contributed by atoms with Gasteiger partial charge in [0.05, 0.1) is 5.71 Å². The second-order valence-electron chi connectivity index (χ2n) is 3.51. The first kappa shape index (κ1) is 12.5. The van der Waals surface area contributed by atoms with Gasteiger partial charge in [0.2, 0.25) is 0 Å². The first-order chi connectivity index (χ1) is 7.29. The largest absolute Gasteiger partial charge is 0.323 e. The second-order valence-corrected chi connectivity index (χ2v) is 4.67. The van der Waals surface area contributed by atoms with E-state index in [9.17, 15) is 0 Å². The lowest BCUT2D eigenvalue weighted by Gasteiger charge is -2.06. The highest BCUT2D eigenvalue weighted by Crippen LogP contribution is 2.15. The molecule has 2 nitrogen and oxygen atoms in total. The third-order valence-corrected chi connectivity index (χ3v) is 3.30. The van der Waals surface area contributed by atoms with E-state index >= 15 is 0 Å². The standard InChI is InChI=1S/C12H17IN2/c1-2-3-4-9-12(15-14)10-7-5-6-8-11(10)13/h5-8H,2-4,9,14H2,1H3/b15-12-. The normalized spacial score (nSPS) is 11.7. The lowest BCUT2D eigenvalue weighted by molar-refractivity contribution is 0.741. The number of hydrogen-bond acceptors (Lipinski definition) is 2. The number of nitrogens with zero attached hydrogens (tertiary/aromatic N) is 1. The number of rotatable bonds is 5. The van der Waals surface area contributed by atoms with Crippen LogP contribution in [0.2, 0.25) is 0 Å². The van der Waals surface area contributed by atoms with Gasteiger partial charge < -0.3 is 5.84 Å². The monoisotopic (exact) mass is 316 g/mol. The van der Waals surface area contributed by atoms with Crippen LogP contribution in [0.3, 0.4) is 0 Å². The summed E-state index contributed by atoms with van der Waals surface area (Å²) in [6.45, 7) is 2.20. The zero-order valence-corrected chi connectivity index (χ0v) is 11.2. The van der Waals surface area contributed by atoms with Crippen molar-refractivity contribution in [3.8, 4) is 0 Å². The molecule has 0 saturated heterocycles. The zero-order valence-electron chi connectivity index (χ0n) is 9.04. The fourth-order valence-corrected chi connectivity index (χ4v) is 2.21. The van der Waals surface area contributed by atoms with Crippen LogP contribution >= 0.6 is 22.6 Å². The second kappa shape index (κ2) is 6.82. The summed E-state index contributed by atoms with van der Waals surface area (Å²) in [5.74, 6) is 5.44. The molecule has 0 radical (unpaired) electrons. The first-order valence-corrected chi connectivity index (χ1v) is 6.39. The molecule has 0 spiro atoms. The zero-order chi connectivity index (χ0) is 11.1. The molecule has 0 aromatic heterocycles. The van der Waals surface area contributed by atoms with Crippen LogP contribution in [0.1, 0.15) is 38.2 Å². The summed E-state index contributed by atoms with van der Waals surface area (Å²) < 4.78 is 1.22. The van der Waals surface area contributed by atoms with Crippen molar-refractivity contribution in [2.45, 2.75) is 32.6 Å². The molecule has 0 saturated carbocycles. The summed E-state index contributed by atoms with van der Waals surface area (Å²) in [5.41, 5.74) is 2.20. The van der Waals surface area contributed by atoms with Crippen LogP contribution in [0.4, 0.5) is 0 Å². The highest BCUT2D eigenvalue weighted by Gasteiger charge is 2.06. The molecule has 1 aromatic rings. The minimum Gasteiger partial charge on any atom is -0.323 e. The molecule has 15 heavy (non-hydrogen) atoms. The van der Waals surface area contributed by atoms with E-state index in [2.05, 4.69) is 46.7 Å². The summed E-state index contributed by atoms with van der Waals surface area (Å²) in [6, 6.07) is 8.23. The van der Waals surface area contributed by atoms with Crippen molar-refractivity contribution >= 4 is 28.3 Å². The van der Waals surface area contributed by atoms with Crippen molar-refractivity contribution < 1.29 is 0 Å². The van der Waals surface area contributed by atoms with Crippen molar-refractivity contribution in [2.75, 3.05) is 0 Å². The van der Waals surface area contributed by atoms with Gasteiger partial charge in [0.25, 0.3) is 0 Å². The molecule has 1 rings (SSSR count). The maximum Gasteiger partial charge on any atom is 0.0683 e. The number of hydrogen-bond donors (Lipinski definition) is 1. The van der Waals surface area contributed by atoms with E-state index in [0.717, 1.165) is 18.6 Å². The van der Waals surface area contributed by atoms with Gasteiger partial charge in [-0.05, 0) is 41.5 Å². The Balaban J connectivity index is 2.71. The molecule has 0 amide bonds. The summed E-state index contributed by atoms with van der Waals surface area (Å²) in [6.07, 6.45) is 4.61. The molecular weight excluding hydrogens is 299 g/mol. The third kappa shape index (κ3) is 3.81. The van der Waals surface area contributed by atoms with Crippen LogP contribution in [0.15, 0.2) is 29.4 Å². The van der Waals surface area contributed by atoms with E-state index in [1.54, 1.807) is 0 Å². The predicted molar refractivity (Wildman–Crippen MR) is 74.0 cm³/mol. The Hall–Kier alpha value is -0.580. The quantitative estimate of drug-likeness (QED) is 0.291. The number of unbranched alkanes of at least 4 members (excludes halogenated alkanes) is 2. The van der Waals surface area contributed by atoms with Gasteiger partial charge in [0.1, 0.15) is 0 Å². The van der Waals surface area contributed by atoms with Gasteiger partial charge in [-0.2, -0.15) is 5.10 Å². The number of hydrazone groups is 1. The smallest absolute Gasteiger partial charge is 0.0683 e. The van der Waals surface area contributed by atoms with E-state index in [0.29, 0.717) is 0 Å². The van der Waals surface area contributed by atoms with E-state index in [-0.39, 0.29) is 0 Å². The van der Waals surface area contributed by atoms with Gasteiger partial charge in [-0.15, -0.1) is 0 Å². The average molecular weight is 316 g/mol. The molecule has 0 aliphatic heterocycles. The Morgan fingerprint density at radius 1 is 1.33 bits per heavy atom. The van der Waals surface area contributed by atoms with Crippen LogP contribution in [0.25, 0.3) is 0 Å². The van der Waals surface area contributed by atoms with Crippen molar-refractivity contribution in [3.05, 3.63) is 33.4 Å². The summed E-state index contributed by atoms with van der Waals surface area (Å²) >= 11 is 2.32. The maximum atomic E-state index is 5.44. The SMILES string of the molecule is CCCCC/C(=N/N)c1ccccc1I. The molecule has 2 N–H and O–H groups in total. The lowest BCUT2D eigenvalue weighted by atomic mass is 10.0. The molecule has 0 atom stereocenters. The van der Waals surface area contributed by atoms with Crippen molar-refractivity contribution in [2.24, 2.45) is 10.9 Å². The van der Waals surface area contributed by atoms with Crippen LogP contribution in [-0.4, -0.2) is 5.71 Å². The fraction of sp³-hybridized carbons (Fsp3) is 0.417. The maximum absolute atomic E-state index is 5.44. The molecule has 82 valence electrons. The summed E-state index contributed by atoms with van der Waals surface area (Å²) in [7, 11) is 0. The highest BCUT2D eigenvalue weighted by molar-refractivity contribution is 14.1. The van der Waals surface area contributed by atoms with Crippen LogP contribution in [0.5, 0.6) is 0 Å². The Bertz CT molecular complexity index is 334. The Morgan fingerprint density at radius 2 is 2.07 bits per heavy atom. The topological polar surface area (TPSA) is 38.4 Å². The minimum absolute atomic E-state index is 0.977. The Morgan fingerprint density at radius 3 is 2.67 bits per heavy atom. The Kier molecular flexibility index (Phi) is 5.68. The van der Waals surface area contributed by atoms with Gasteiger partial charge in [-0.1, -0.05) is 38.0 Å². The number of nitrogens with two attached hydrogens (primary N) is 1. The molecule has 1 aromatic carbocycles. The molecule has 3 heteroatoms. The summed E-state index contributed by atoms with van der Waals surface area (Å²) in [5, 5.41) is 3.90. The molecular formula is C12H17IN2. The van der Waals surface area contributed by atoms with E-state index < -0.39 is 0 Å². The van der Waals surface area contributed by atoms with Crippen LogP contribution in [0, 0.1) is 3.57 Å². The van der Waals surface area contributed by atoms with Crippen molar-refractivity contribution in [3.63, 3.8) is 0 Å². The van der Waals surface area contributed by atoms with Gasteiger partial charge in [0, 0.05) is 9.13 Å². The highest BCUT2D eigenvalue weighted by atomic mass is 127. The fourth-order valence-electron chi connectivity index (χ4n) is 1.51. The molecule has 0 aliphatic rings. The number of halogens is 1. The average Bonchev–Trinajstić information content (AvgIpc) is 2.26. The van der Waals surface area contributed by atoms with E-state index in [1.807, 2.05) is 12.1 Å². The Labute approximate surface area is 105 Å². The molecule has 0 aliphatic carbocycles. The van der Waals surface area contributed by atoms with E-state index in [4.69, 9.17) is 5.84 Å². The van der Waals surface area contributed by atoms with Crippen LogP contribution in [-0.2, 0) is 0 Å². The third-order valence-electron chi connectivity index (χ3n) is 2.36. The van der Waals surface area contributed by atoms with Gasteiger partial charge in [-0.3, -0.25) is 0 Å². The predicted octanol–water partition coefficient (Wildman–Crippen LogP) is 3.53. The van der Waals surface area contributed by atoms with Gasteiger partial charge in [0.15, 0.2) is 0 Å². The van der Waals surface area contributed by atoms with Crippen molar-refractivity contribution in [1.29, 1.82) is 0 Å². The summed E-state index contributed by atoms with van der Waals surface area (Å²) in [4.78, 5) is 0. The van der Waals surface area contributed by atoms with Crippen LogP contribution < -0.4 is 5.84 Å². The van der Waals surface area contributed by atoms with Gasteiger partial charge >= 0.3 is 0 Å². The van der Waals surface area contributed by atoms with Gasteiger partial charge in [-0.25, -0.2) is 0 Å². The first-order valence-electron chi connectivity index (χ1n) is 5.31. The lowest BCUT2D eigenvalue weighted by Crippen LogP contribution is -2.06. The minimum atomic E-state index is 0.977. The molecule has 0 fully saturated rings. The molecule has 0 unspecified atom stereocenters. The van der Waals surface area contributed by atoms with E-state index in [1.165, 1.54) is 22.0 Å².